The Morgan fingerprint density at radius 1 is 1.26 bits per heavy atom. The molecule has 1 fully saturated rings. The molecule has 1 unspecified atom stereocenters. The zero-order valence-electron chi connectivity index (χ0n) is 16.3. The van der Waals surface area contributed by atoms with Gasteiger partial charge in [0.05, 0.1) is 0 Å². The molecule has 1 aromatic heterocycles. The third kappa shape index (κ3) is 4.78. The second-order valence-electron chi connectivity index (χ2n) is 7.99. The number of nitrogens with zero attached hydrogens (tertiary/aromatic N) is 2. The van der Waals surface area contributed by atoms with Gasteiger partial charge in [-0.25, -0.2) is 9.78 Å². The van der Waals surface area contributed by atoms with Crippen LogP contribution in [0.5, 0.6) is 0 Å². The van der Waals surface area contributed by atoms with Crippen molar-refractivity contribution in [3.8, 4) is 0 Å². The van der Waals surface area contributed by atoms with Crippen molar-refractivity contribution in [3.63, 3.8) is 0 Å². The molecule has 0 radical (unpaired) electrons. The molecular weight excluding hydrogens is 346 g/mol. The summed E-state index contributed by atoms with van der Waals surface area (Å²) < 4.78 is 11.1. The number of oxazole rings is 1. The highest BCUT2D eigenvalue weighted by Crippen LogP contribution is 2.30. The van der Waals surface area contributed by atoms with E-state index in [9.17, 15) is 9.59 Å². The summed E-state index contributed by atoms with van der Waals surface area (Å²) in [6, 6.07) is 7.09. The van der Waals surface area contributed by atoms with Crippen LogP contribution in [0.15, 0.2) is 28.7 Å². The average molecular weight is 373 g/mol. The SMILES string of the molecule is CC(NC(=O)OC(C)(C)C)C(=O)N1CCC(c2nc3ccccc3o2)CC1. The third-order valence-corrected chi connectivity index (χ3v) is 4.57. The van der Waals surface area contributed by atoms with Gasteiger partial charge in [0.1, 0.15) is 17.2 Å². The van der Waals surface area contributed by atoms with Gasteiger partial charge in [0.15, 0.2) is 11.5 Å². The minimum absolute atomic E-state index is 0.100. The van der Waals surface area contributed by atoms with Crippen molar-refractivity contribution in [1.29, 1.82) is 0 Å². The summed E-state index contributed by atoms with van der Waals surface area (Å²) >= 11 is 0. The minimum Gasteiger partial charge on any atom is -0.444 e. The Kier molecular flexibility index (Phi) is 5.39. The number of benzene rings is 1. The summed E-state index contributed by atoms with van der Waals surface area (Å²) in [6.45, 7) is 8.27. The van der Waals surface area contributed by atoms with Gasteiger partial charge in [0.25, 0.3) is 0 Å². The monoisotopic (exact) mass is 373 g/mol. The Labute approximate surface area is 159 Å². The molecule has 1 N–H and O–H groups in total. The summed E-state index contributed by atoms with van der Waals surface area (Å²) in [5, 5.41) is 2.61. The molecule has 27 heavy (non-hydrogen) atoms. The van der Waals surface area contributed by atoms with Gasteiger partial charge < -0.3 is 19.4 Å². The lowest BCUT2D eigenvalue weighted by Crippen LogP contribution is -2.50. The minimum atomic E-state index is -0.624. The normalized spacial score (nSPS) is 17.0. The largest absolute Gasteiger partial charge is 0.444 e. The van der Waals surface area contributed by atoms with Gasteiger partial charge in [-0.05, 0) is 52.7 Å². The molecule has 1 aliphatic heterocycles. The number of aromatic nitrogens is 1. The Balaban J connectivity index is 1.53. The fourth-order valence-corrected chi connectivity index (χ4v) is 3.23. The Morgan fingerprint density at radius 3 is 2.56 bits per heavy atom. The van der Waals surface area contributed by atoms with Crippen LogP contribution in [0.25, 0.3) is 11.1 Å². The smallest absolute Gasteiger partial charge is 0.408 e. The number of para-hydroxylation sites is 2. The van der Waals surface area contributed by atoms with Gasteiger partial charge in [-0.3, -0.25) is 4.79 Å². The zero-order valence-corrected chi connectivity index (χ0v) is 16.3. The maximum Gasteiger partial charge on any atom is 0.408 e. The Bertz CT molecular complexity index is 783. The zero-order chi connectivity index (χ0) is 19.6. The van der Waals surface area contributed by atoms with Crippen LogP contribution in [0.1, 0.15) is 52.3 Å². The van der Waals surface area contributed by atoms with Crippen LogP contribution in [0.3, 0.4) is 0 Å². The van der Waals surface area contributed by atoms with Crippen LogP contribution in [0, 0.1) is 0 Å². The van der Waals surface area contributed by atoms with Crippen LogP contribution >= 0.6 is 0 Å². The van der Waals surface area contributed by atoms with Crippen LogP contribution < -0.4 is 5.32 Å². The summed E-state index contributed by atoms with van der Waals surface area (Å²) in [6.07, 6.45) is 1.000. The van der Waals surface area contributed by atoms with Gasteiger partial charge >= 0.3 is 6.09 Å². The van der Waals surface area contributed by atoms with Crippen LogP contribution in [0.4, 0.5) is 4.79 Å². The summed E-state index contributed by atoms with van der Waals surface area (Å²) in [4.78, 5) is 30.8. The highest BCUT2D eigenvalue weighted by atomic mass is 16.6. The lowest BCUT2D eigenvalue weighted by atomic mass is 9.96. The number of rotatable bonds is 3. The third-order valence-electron chi connectivity index (χ3n) is 4.57. The van der Waals surface area contributed by atoms with E-state index in [1.54, 1.807) is 32.6 Å². The standard InChI is InChI=1S/C20H27N3O4/c1-13(21-19(25)27-20(2,3)4)18(24)23-11-9-14(10-12-23)17-22-15-7-5-6-8-16(15)26-17/h5-8,13-14H,9-12H2,1-4H3,(H,21,25). The average Bonchev–Trinajstić information content (AvgIpc) is 3.03. The lowest BCUT2D eigenvalue weighted by molar-refractivity contribution is -0.134. The molecule has 0 saturated carbocycles. The van der Waals surface area contributed by atoms with Gasteiger partial charge in [-0.1, -0.05) is 12.1 Å². The van der Waals surface area contributed by atoms with Gasteiger partial charge in [-0.2, -0.15) is 0 Å². The van der Waals surface area contributed by atoms with E-state index in [2.05, 4.69) is 10.3 Å². The molecule has 0 bridgehead atoms. The van der Waals surface area contributed by atoms with E-state index >= 15 is 0 Å². The van der Waals surface area contributed by atoms with E-state index in [1.807, 2.05) is 24.3 Å². The first-order valence-corrected chi connectivity index (χ1v) is 9.37. The predicted octanol–water partition coefficient (Wildman–Crippen LogP) is 3.45. The van der Waals surface area contributed by atoms with Gasteiger partial charge in [0.2, 0.25) is 5.91 Å². The molecule has 7 heteroatoms. The number of likely N-dealkylation sites (tertiary alicyclic amines) is 1. The molecule has 0 spiro atoms. The molecule has 2 heterocycles. The van der Waals surface area contributed by atoms with Crippen molar-refractivity contribution in [2.75, 3.05) is 13.1 Å². The number of carbonyl (C=O) groups is 2. The summed E-state index contributed by atoms with van der Waals surface area (Å²) in [7, 11) is 0. The summed E-state index contributed by atoms with van der Waals surface area (Å²) in [5.41, 5.74) is 1.06. The summed E-state index contributed by atoms with van der Waals surface area (Å²) in [5.74, 6) is 0.843. The number of hydrogen-bond acceptors (Lipinski definition) is 5. The van der Waals surface area contributed by atoms with Crippen LogP contribution in [0.2, 0.25) is 0 Å². The molecule has 7 nitrogen and oxygen atoms in total. The number of hydrogen-bond donors (Lipinski definition) is 1. The Hall–Kier alpha value is -2.57. The number of alkyl carbamates (subject to hydrolysis) is 1. The second-order valence-corrected chi connectivity index (χ2v) is 7.99. The van der Waals surface area contributed by atoms with Crippen molar-refractivity contribution in [3.05, 3.63) is 30.2 Å². The second kappa shape index (κ2) is 7.58. The van der Waals surface area contributed by atoms with E-state index in [0.29, 0.717) is 13.1 Å². The Morgan fingerprint density at radius 2 is 1.93 bits per heavy atom. The van der Waals surface area contributed by atoms with E-state index in [1.165, 1.54) is 0 Å². The van der Waals surface area contributed by atoms with Crippen molar-refractivity contribution in [1.82, 2.24) is 15.2 Å². The van der Waals surface area contributed by atoms with Crippen molar-refractivity contribution >= 4 is 23.1 Å². The molecule has 0 aliphatic carbocycles. The van der Waals surface area contributed by atoms with Crippen molar-refractivity contribution < 1.29 is 18.7 Å². The maximum absolute atomic E-state index is 12.6. The van der Waals surface area contributed by atoms with Gasteiger partial charge in [-0.15, -0.1) is 0 Å². The topological polar surface area (TPSA) is 84.7 Å². The quantitative estimate of drug-likeness (QED) is 0.891. The molecule has 1 aromatic carbocycles. The predicted molar refractivity (Wildman–Crippen MR) is 101 cm³/mol. The van der Waals surface area contributed by atoms with E-state index in [4.69, 9.17) is 9.15 Å². The fourth-order valence-electron chi connectivity index (χ4n) is 3.23. The first kappa shape index (κ1) is 19.2. The molecule has 1 aliphatic rings. The number of fused-ring (bicyclic) bond motifs is 1. The first-order chi connectivity index (χ1) is 12.7. The molecule has 2 aromatic rings. The van der Waals surface area contributed by atoms with Crippen molar-refractivity contribution in [2.45, 2.75) is 58.1 Å². The van der Waals surface area contributed by atoms with E-state index in [0.717, 1.165) is 29.8 Å². The number of ether oxygens (including phenoxy) is 1. The number of piperidine rings is 1. The van der Waals surface area contributed by atoms with E-state index < -0.39 is 17.7 Å². The first-order valence-electron chi connectivity index (χ1n) is 9.37. The highest BCUT2D eigenvalue weighted by Gasteiger charge is 2.30. The number of carbonyl (C=O) groups excluding carboxylic acids is 2. The molecule has 3 rings (SSSR count). The molecule has 2 amide bonds. The molecule has 1 saturated heterocycles. The van der Waals surface area contributed by atoms with Crippen LogP contribution in [-0.2, 0) is 9.53 Å². The molecule has 146 valence electrons. The van der Waals surface area contributed by atoms with Crippen LogP contribution in [-0.4, -0.2) is 46.6 Å². The fraction of sp³-hybridized carbons (Fsp3) is 0.550. The van der Waals surface area contributed by atoms with Gasteiger partial charge in [0, 0.05) is 19.0 Å². The number of nitrogens with one attached hydrogen (secondary N) is 1. The van der Waals surface area contributed by atoms with Crippen molar-refractivity contribution in [2.24, 2.45) is 0 Å². The molecule has 1 atom stereocenters. The lowest BCUT2D eigenvalue weighted by Gasteiger charge is -2.32. The maximum atomic E-state index is 12.6. The van der Waals surface area contributed by atoms with E-state index in [-0.39, 0.29) is 11.8 Å². The molecular formula is C20H27N3O4. The highest BCUT2D eigenvalue weighted by molar-refractivity contribution is 5.85. The number of amides is 2.